The Kier molecular flexibility index (Phi) is 8.38. The molecule has 1 heterocycles. The molecular weight excluding hydrogens is 543 g/mol. The summed E-state index contributed by atoms with van der Waals surface area (Å²) in [6.45, 7) is 9.06. The van der Waals surface area contributed by atoms with Crippen LogP contribution in [0, 0.1) is 29.4 Å². The fourth-order valence-corrected chi connectivity index (χ4v) is 7.37. The van der Waals surface area contributed by atoms with Crippen LogP contribution in [-0.4, -0.2) is 40.8 Å². The molecule has 0 aromatic heterocycles. The molecule has 0 bridgehead atoms. The molecule has 228 valence electrons. The molecule has 5 nitrogen and oxygen atoms in total. The van der Waals surface area contributed by atoms with Gasteiger partial charge in [0.2, 0.25) is 0 Å². The van der Waals surface area contributed by atoms with Crippen LogP contribution < -0.4 is 4.74 Å². The zero-order chi connectivity index (χ0) is 30.4. The predicted octanol–water partition coefficient (Wildman–Crippen LogP) is 8.32. The van der Waals surface area contributed by atoms with E-state index >= 15 is 4.39 Å². The van der Waals surface area contributed by atoms with Crippen LogP contribution in [0.1, 0.15) is 96.1 Å². The van der Waals surface area contributed by atoms with Gasteiger partial charge in [-0.05, 0) is 124 Å². The Labute approximate surface area is 246 Å². The van der Waals surface area contributed by atoms with Crippen molar-refractivity contribution in [2.45, 2.75) is 102 Å². The van der Waals surface area contributed by atoms with Crippen molar-refractivity contribution in [3.05, 3.63) is 65.2 Å². The third kappa shape index (κ3) is 6.04. The minimum absolute atomic E-state index is 0.00639. The minimum Gasteiger partial charge on any atom is -0.493 e. The van der Waals surface area contributed by atoms with Gasteiger partial charge in [-0.2, -0.15) is 0 Å². The second-order valence-electron chi connectivity index (χ2n) is 13.5. The van der Waals surface area contributed by atoms with Crippen molar-refractivity contribution in [2.24, 2.45) is 17.8 Å². The summed E-state index contributed by atoms with van der Waals surface area (Å²) in [6, 6.07) is 10.3. The standard InChI is InChI=1S/C34H42F3NO4/c1-20(2)30-33(3,4)42-32(40)38(30)31(39)34(5,37)29(23-13-14-23)24-7-6-8-26(17-24)41-19-21-9-11-22(12-10-21)27-18-25(35)15-16-28(27)36/h6-8,15-18,20-23,29-30H,9-14,19H2,1-5H3/t21?,22?,29?,30-,34?/m0/s1. The second-order valence-corrected chi connectivity index (χ2v) is 13.5. The highest BCUT2D eigenvalue weighted by atomic mass is 19.1. The first kappa shape index (κ1) is 30.4. The summed E-state index contributed by atoms with van der Waals surface area (Å²) < 4.78 is 56.4. The maximum Gasteiger partial charge on any atom is 0.417 e. The van der Waals surface area contributed by atoms with Gasteiger partial charge in [0.1, 0.15) is 23.0 Å². The number of carbonyl (C=O) groups excluding carboxylic acids is 2. The lowest BCUT2D eigenvalue weighted by Crippen LogP contribution is -2.55. The van der Waals surface area contributed by atoms with Crippen molar-refractivity contribution in [2.75, 3.05) is 6.61 Å². The number of hydrogen-bond acceptors (Lipinski definition) is 4. The van der Waals surface area contributed by atoms with E-state index in [2.05, 4.69) is 0 Å². The first-order chi connectivity index (χ1) is 19.8. The second kappa shape index (κ2) is 11.6. The van der Waals surface area contributed by atoms with Crippen molar-refractivity contribution >= 4 is 12.0 Å². The monoisotopic (exact) mass is 585 g/mol. The van der Waals surface area contributed by atoms with E-state index < -0.39 is 41.0 Å². The van der Waals surface area contributed by atoms with E-state index in [-0.39, 0.29) is 29.5 Å². The number of amides is 2. The lowest BCUT2D eigenvalue weighted by molar-refractivity contribution is -0.144. The van der Waals surface area contributed by atoms with Gasteiger partial charge < -0.3 is 9.47 Å². The Balaban J connectivity index is 1.27. The number of rotatable bonds is 9. The van der Waals surface area contributed by atoms with E-state index in [1.165, 1.54) is 19.1 Å². The molecule has 1 aliphatic heterocycles. The molecule has 2 aromatic rings. The van der Waals surface area contributed by atoms with Crippen molar-refractivity contribution in [3.63, 3.8) is 0 Å². The first-order valence-corrected chi connectivity index (χ1v) is 15.2. The van der Waals surface area contributed by atoms with Gasteiger partial charge in [-0.3, -0.25) is 4.79 Å². The average Bonchev–Trinajstić information content (AvgIpc) is 3.72. The Bertz CT molecular complexity index is 1310. The Hall–Kier alpha value is -3.03. The molecule has 0 N–H and O–H groups in total. The van der Waals surface area contributed by atoms with Crippen molar-refractivity contribution in [3.8, 4) is 5.75 Å². The summed E-state index contributed by atoms with van der Waals surface area (Å²) in [5.74, 6) is -1.62. The highest BCUT2D eigenvalue weighted by Gasteiger charge is 2.59. The fraction of sp³-hybridized carbons (Fsp3) is 0.588. The van der Waals surface area contributed by atoms with Gasteiger partial charge >= 0.3 is 6.09 Å². The summed E-state index contributed by atoms with van der Waals surface area (Å²) in [5, 5.41) is 0. The van der Waals surface area contributed by atoms with Crippen LogP contribution in [0.3, 0.4) is 0 Å². The summed E-state index contributed by atoms with van der Waals surface area (Å²) in [5.41, 5.74) is -2.12. The van der Waals surface area contributed by atoms with Crippen LogP contribution >= 0.6 is 0 Å². The van der Waals surface area contributed by atoms with Crippen LogP contribution in [-0.2, 0) is 9.53 Å². The summed E-state index contributed by atoms with van der Waals surface area (Å²) in [7, 11) is 0. The quantitative estimate of drug-likeness (QED) is 0.297. The number of ether oxygens (including phenoxy) is 2. The molecular formula is C34H42F3NO4. The molecule has 3 aliphatic rings. The molecule has 1 saturated heterocycles. The molecule has 0 radical (unpaired) electrons. The number of nitrogens with zero attached hydrogens (tertiary/aromatic N) is 1. The van der Waals surface area contributed by atoms with Gasteiger partial charge in [0.15, 0.2) is 5.67 Å². The van der Waals surface area contributed by atoms with Gasteiger partial charge in [-0.25, -0.2) is 22.9 Å². The molecule has 0 spiro atoms. The summed E-state index contributed by atoms with van der Waals surface area (Å²) >= 11 is 0. The predicted molar refractivity (Wildman–Crippen MR) is 154 cm³/mol. The number of benzene rings is 2. The molecule has 3 atom stereocenters. The van der Waals surface area contributed by atoms with Crippen LogP contribution in [0.4, 0.5) is 18.0 Å². The fourth-order valence-electron chi connectivity index (χ4n) is 7.37. The molecule has 2 aromatic carbocycles. The van der Waals surface area contributed by atoms with Crippen molar-refractivity contribution in [1.82, 2.24) is 4.90 Å². The SMILES string of the molecule is CC(C)[C@@H]1N(C(=O)C(C)(F)C(c2cccc(OCC3CCC(c4cc(F)ccc4F)CC3)c2)C2CC2)C(=O)OC1(C)C. The van der Waals surface area contributed by atoms with Gasteiger partial charge in [-0.1, -0.05) is 26.0 Å². The summed E-state index contributed by atoms with van der Waals surface area (Å²) in [4.78, 5) is 27.6. The maximum absolute atomic E-state index is 16.8. The van der Waals surface area contributed by atoms with Crippen LogP contribution in [0.5, 0.6) is 5.75 Å². The number of hydrogen-bond donors (Lipinski definition) is 0. The van der Waals surface area contributed by atoms with Crippen LogP contribution in [0.2, 0.25) is 0 Å². The lowest BCUT2D eigenvalue weighted by atomic mass is 9.78. The van der Waals surface area contributed by atoms with Crippen molar-refractivity contribution in [1.29, 1.82) is 0 Å². The maximum atomic E-state index is 16.8. The average molecular weight is 586 g/mol. The van der Waals surface area contributed by atoms with Crippen molar-refractivity contribution < 1.29 is 32.2 Å². The smallest absolute Gasteiger partial charge is 0.417 e. The lowest BCUT2D eigenvalue weighted by Gasteiger charge is -2.36. The van der Waals surface area contributed by atoms with Gasteiger partial charge in [0.25, 0.3) is 5.91 Å². The third-order valence-corrected chi connectivity index (χ3v) is 9.43. The molecule has 5 rings (SSSR count). The zero-order valence-corrected chi connectivity index (χ0v) is 25.2. The molecule has 2 aliphatic carbocycles. The third-order valence-electron chi connectivity index (χ3n) is 9.43. The van der Waals surface area contributed by atoms with E-state index in [0.717, 1.165) is 49.5 Å². The Morgan fingerprint density at radius 1 is 1.07 bits per heavy atom. The highest BCUT2D eigenvalue weighted by Crippen LogP contribution is 2.51. The van der Waals surface area contributed by atoms with E-state index in [1.807, 2.05) is 38.1 Å². The largest absolute Gasteiger partial charge is 0.493 e. The number of halogens is 3. The number of cyclic esters (lactones) is 1. The molecule has 3 fully saturated rings. The molecule has 8 heteroatoms. The Morgan fingerprint density at radius 2 is 1.76 bits per heavy atom. The highest BCUT2D eigenvalue weighted by molar-refractivity contribution is 5.99. The molecule has 42 heavy (non-hydrogen) atoms. The molecule has 2 amide bonds. The van der Waals surface area contributed by atoms with E-state index in [4.69, 9.17) is 9.47 Å². The number of imide groups is 1. The van der Waals surface area contributed by atoms with Crippen LogP contribution in [0.15, 0.2) is 42.5 Å². The van der Waals surface area contributed by atoms with Gasteiger partial charge in [0.05, 0.1) is 12.6 Å². The minimum atomic E-state index is -2.32. The van der Waals surface area contributed by atoms with Gasteiger partial charge in [0, 0.05) is 5.92 Å². The number of carbonyl (C=O) groups is 2. The van der Waals surface area contributed by atoms with E-state index in [1.54, 1.807) is 13.8 Å². The Morgan fingerprint density at radius 3 is 2.40 bits per heavy atom. The normalized spacial score (nSPS) is 26.1. The number of alkyl halides is 1. The molecule has 2 unspecified atom stereocenters. The zero-order valence-electron chi connectivity index (χ0n) is 25.2. The summed E-state index contributed by atoms with van der Waals surface area (Å²) in [6.07, 6.45) is 4.00. The van der Waals surface area contributed by atoms with E-state index in [9.17, 15) is 18.4 Å². The van der Waals surface area contributed by atoms with Gasteiger partial charge in [-0.15, -0.1) is 0 Å². The topological polar surface area (TPSA) is 55.8 Å². The van der Waals surface area contributed by atoms with E-state index in [0.29, 0.717) is 23.5 Å². The molecule has 2 saturated carbocycles. The van der Waals surface area contributed by atoms with Crippen LogP contribution in [0.25, 0.3) is 0 Å². The first-order valence-electron chi connectivity index (χ1n) is 15.2.